The number of likely N-dealkylation sites (tertiary alicyclic amines) is 1. The summed E-state index contributed by atoms with van der Waals surface area (Å²) in [7, 11) is 0. The fraction of sp³-hybridized carbons (Fsp3) is 0.667. The van der Waals surface area contributed by atoms with Crippen LogP contribution in [0.2, 0.25) is 0 Å². The molecule has 0 bridgehead atoms. The van der Waals surface area contributed by atoms with E-state index in [9.17, 15) is 13.2 Å². The van der Waals surface area contributed by atoms with E-state index in [2.05, 4.69) is 4.98 Å². The Labute approximate surface area is 107 Å². The van der Waals surface area contributed by atoms with Crippen LogP contribution in [0.15, 0.2) is 6.20 Å². The lowest BCUT2D eigenvalue weighted by Crippen LogP contribution is -2.26. The molecule has 0 amide bonds. The van der Waals surface area contributed by atoms with Crippen molar-refractivity contribution in [3.8, 4) is 0 Å². The van der Waals surface area contributed by atoms with Crippen molar-refractivity contribution >= 4 is 23.7 Å². The second-order valence-corrected chi connectivity index (χ2v) is 5.02. The first kappa shape index (κ1) is 14.7. The lowest BCUT2D eigenvalue weighted by molar-refractivity contribution is -0.134. The maximum atomic E-state index is 12.3. The van der Waals surface area contributed by atoms with Gasteiger partial charge in [-0.2, -0.15) is 13.2 Å². The summed E-state index contributed by atoms with van der Waals surface area (Å²) in [5, 5.41) is 0.501. The van der Waals surface area contributed by atoms with Crippen LogP contribution in [0.25, 0.3) is 0 Å². The molecule has 0 aromatic carbocycles. The molecule has 1 aliphatic rings. The van der Waals surface area contributed by atoms with E-state index in [1.165, 1.54) is 0 Å². The lowest BCUT2D eigenvalue weighted by atomic mass is 10.3. The molecule has 1 atom stereocenters. The number of alkyl halides is 3. The number of nitrogens with zero attached hydrogens (tertiary/aromatic N) is 2. The fourth-order valence-electron chi connectivity index (χ4n) is 1.71. The second-order valence-electron chi connectivity index (χ2n) is 3.90. The molecule has 0 saturated carbocycles. The highest BCUT2D eigenvalue weighted by Crippen LogP contribution is 2.33. The smallest absolute Gasteiger partial charge is 0.326 e. The Kier molecular flexibility index (Phi) is 4.77. The molecule has 1 aromatic heterocycles. The molecule has 1 aliphatic heterocycles. The van der Waals surface area contributed by atoms with Crippen LogP contribution >= 0.6 is 23.7 Å². The SMILES string of the molecule is Cl.N[C@H]1CCN(Cc2ncc(C(F)(F)F)s2)C1. The van der Waals surface area contributed by atoms with E-state index in [-0.39, 0.29) is 18.4 Å². The lowest BCUT2D eigenvalue weighted by Gasteiger charge is -2.12. The standard InChI is InChI=1S/C9H12F3N3S.ClH/c10-9(11,12)7-3-14-8(16-7)5-15-2-1-6(13)4-15;/h3,6H,1-2,4-5,13H2;1H/t6-;/m0./s1. The summed E-state index contributed by atoms with van der Waals surface area (Å²) >= 11 is 0.709. The van der Waals surface area contributed by atoms with Gasteiger partial charge in [0.05, 0.1) is 12.7 Å². The Morgan fingerprint density at radius 3 is 2.71 bits per heavy atom. The Morgan fingerprint density at radius 2 is 2.24 bits per heavy atom. The fourth-order valence-corrected chi connectivity index (χ4v) is 2.54. The summed E-state index contributed by atoms with van der Waals surface area (Å²) in [6.07, 6.45) is -2.48. The molecule has 0 aliphatic carbocycles. The van der Waals surface area contributed by atoms with Gasteiger partial charge in [0.2, 0.25) is 0 Å². The van der Waals surface area contributed by atoms with E-state index in [1.54, 1.807) is 0 Å². The summed E-state index contributed by atoms with van der Waals surface area (Å²) < 4.78 is 36.9. The van der Waals surface area contributed by atoms with E-state index >= 15 is 0 Å². The van der Waals surface area contributed by atoms with Gasteiger partial charge in [-0.1, -0.05) is 0 Å². The van der Waals surface area contributed by atoms with Crippen molar-refractivity contribution in [3.05, 3.63) is 16.1 Å². The van der Waals surface area contributed by atoms with Crippen LogP contribution in [0, 0.1) is 0 Å². The number of rotatable bonds is 2. The van der Waals surface area contributed by atoms with Crippen molar-refractivity contribution in [2.24, 2.45) is 5.73 Å². The summed E-state index contributed by atoms with van der Waals surface area (Å²) in [5.74, 6) is 0. The number of nitrogens with two attached hydrogens (primary N) is 1. The molecule has 0 radical (unpaired) electrons. The van der Waals surface area contributed by atoms with Crippen LogP contribution in [0.4, 0.5) is 13.2 Å². The van der Waals surface area contributed by atoms with E-state index < -0.39 is 11.1 Å². The molecule has 1 aromatic rings. The van der Waals surface area contributed by atoms with Gasteiger partial charge < -0.3 is 5.73 Å². The molecule has 1 fully saturated rings. The largest absolute Gasteiger partial charge is 0.427 e. The maximum Gasteiger partial charge on any atom is 0.427 e. The van der Waals surface area contributed by atoms with Crippen molar-refractivity contribution < 1.29 is 13.2 Å². The average Bonchev–Trinajstić information content (AvgIpc) is 2.74. The molecule has 2 heterocycles. The first-order valence-electron chi connectivity index (χ1n) is 4.95. The van der Waals surface area contributed by atoms with Crippen LogP contribution in [0.5, 0.6) is 0 Å². The van der Waals surface area contributed by atoms with Gasteiger partial charge in [0.15, 0.2) is 0 Å². The predicted molar refractivity (Wildman–Crippen MR) is 62.2 cm³/mol. The quantitative estimate of drug-likeness (QED) is 0.906. The number of halogens is 4. The summed E-state index contributed by atoms with van der Waals surface area (Å²) in [5.41, 5.74) is 5.71. The van der Waals surface area contributed by atoms with Crippen molar-refractivity contribution in [1.29, 1.82) is 0 Å². The minimum Gasteiger partial charge on any atom is -0.326 e. The Balaban J connectivity index is 0.00000144. The van der Waals surface area contributed by atoms with Crippen LogP contribution in [0.1, 0.15) is 16.3 Å². The minimum absolute atomic E-state index is 0. The van der Waals surface area contributed by atoms with Crippen molar-refractivity contribution in [2.75, 3.05) is 13.1 Å². The van der Waals surface area contributed by atoms with E-state index in [1.807, 2.05) is 4.90 Å². The highest BCUT2D eigenvalue weighted by atomic mass is 35.5. The zero-order valence-corrected chi connectivity index (χ0v) is 10.5. The number of aromatic nitrogens is 1. The van der Waals surface area contributed by atoms with Crippen LogP contribution in [-0.4, -0.2) is 29.0 Å². The van der Waals surface area contributed by atoms with Gasteiger partial charge in [0, 0.05) is 19.1 Å². The Hall–Kier alpha value is -0.370. The normalized spacial score (nSPS) is 21.5. The zero-order chi connectivity index (χ0) is 11.8. The van der Waals surface area contributed by atoms with Gasteiger partial charge in [0.25, 0.3) is 0 Å². The van der Waals surface area contributed by atoms with Crippen LogP contribution < -0.4 is 5.73 Å². The molecular weight excluding hydrogens is 275 g/mol. The highest BCUT2D eigenvalue weighted by Gasteiger charge is 2.33. The topological polar surface area (TPSA) is 42.1 Å². The van der Waals surface area contributed by atoms with Crippen LogP contribution in [-0.2, 0) is 12.7 Å². The molecule has 0 unspecified atom stereocenters. The van der Waals surface area contributed by atoms with Gasteiger partial charge in [-0.3, -0.25) is 4.90 Å². The van der Waals surface area contributed by atoms with Crippen molar-refractivity contribution in [3.63, 3.8) is 0 Å². The van der Waals surface area contributed by atoms with Crippen LogP contribution in [0.3, 0.4) is 0 Å². The van der Waals surface area contributed by atoms with Gasteiger partial charge in [-0.05, 0) is 6.42 Å². The molecule has 2 rings (SSSR count). The molecule has 0 spiro atoms. The second kappa shape index (κ2) is 5.51. The van der Waals surface area contributed by atoms with Gasteiger partial charge in [-0.15, -0.1) is 23.7 Å². The first-order valence-corrected chi connectivity index (χ1v) is 5.76. The van der Waals surface area contributed by atoms with Gasteiger partial charge in [-0.25, -0.2) is 4.98 Å². The average molecular weight is 288 g/mol. The number of thiazole rings is 1. The summed E-state index contributed by atoms with van der Waals surface area (Å²) in [6, 6.07) is 0.141. The van der Waals surface area contributed by atoms with E-state index in [4.69, 9.17) is 5.73 Å². The molecule has 3 nitrogen and oxygen atoms in total. The first-order chi connectivity index (χ1) is 7.45. The summed E-state index contributed by atoms with van der Waals surface area (Å²) in [6.45, 7) is 2.04. The molecule has 2 N–H and O–H groups in total. The predicted octanol–water partition coefficient (Wildman–Crippen LogP) is 2.12. The molecule has 8 heteroatoms. The Bertz CT molecular complexity index is 369. The molecular formula is C9H13ClF3N3S. The van der Waals surface area contributed by atoms with E-state index in [0.717, 1.165) is 25.7 Å². The molecule has 1 saturated heterocycles. The Morgan fingerprint density at radius 1 is 1.53 bits per heavy atom. The number of hydrogen-bond donors (Lipinski definition) is 1. The summed E-state index contributed by atoms with van der Waals surface area (Å²) in [4.78, 5) is 5.19. The van der Waals surface area contributed by atoms with Gasteiger partial charge in [0.1, 0.15) is 9.88 Å². The molecule has 17 heavy (non-hydrogen) atoms. The monoisotopic (exact) mass is 287 g/mol. The minimum atomic E-state index is -4.28. The van der Waals surface area contributed by atoms with Crippen molar-refractivity contribution in [2.45, 2.75) is 25.2 Å². The van der Waals surface area contributed by atoms with Crippen molar-refractivity contribution in [1.82, 2.24) is 9.88 Å². The number of hydrogen-bond acceptors (Lipinski definition) is 4. The van der Waals surface area contributed by atoms with Gasteiger partial charge >= 0.3 is 6.18 Å². The van der Waals surface area contributed by atoms with E-state index in [0.29, 0.717) is 22.9 Å². The third-order valence-electron chi connectivity index (χ3n) is 2.50. The third-order valence-corrected chi connectivity index (χ3v) is 3.53. The third kappa shape index (κ3) is 3.80. The highest BCUT2D eigenvalue weighted by molar-refractivity contribution is 7.11. The molecule has 98 valence electrons. The zero-order valence-electron chi connectivity index (χ0n) is 8.91. The maximum absolute atomic E-state index is 12.3.